The Hall–Kier alpha value is -1.87. The Morgan fingerprint density at radius 1 is 1.38 bits per heavy atom. The average Bonchev–Trinajstić information content (AvgIpc) is 2.71. The van der Waals surface area contributed by atoms with Gasteiger partial charge in [0.15, 0.2) is 0 Å². The molecule has 0 saturated carbocycles. The number of nitrogens with zero attached hydrogens (tertiary/aromatic N) is 1. The molecule has 0 aromatic rings. The number of imide groups is 1. The van der Waals surface area contributed by atoms with Crippen LogP contribution in [0, 0.1) is 11.8 Å². The summed E-state index contributed by atoms with van der Waals surface area (Å²) >= 11 is 1.11. The quantitative estimate of drug-likeness (QED) is 0.467. The Balaban J connectivity index is 1.88. The maximum Gasteiger partial charge on any atom is 0.353 e. The van der Waals surface area contributed by atoms with Crippen LogP contribution in [0.3, 0.4) is 0 Å². The molecule has 0 radical (unpaired) electrons. The Labute approximate surface area is 142 Å². The van der Waals surface area contributed by atoms with Crippen LogP contribution in [-0.4, -0.2) is 56.2 Å². The normalized spacial score (nSPS) is 34.0. The van der Waals surface area contributed by atoms with Crippen LogP contribution in [0.15, 0.2) is 10.6 Å². The highest BCUT2D eigenvalue weighted by Gasteiger charge is 2.60. The van der Waals surface area contributed by atoms with E-state index in [2.05, 4.69) is 5.32 Å². The molecule has 3 aliphatic heterocycles. The van der Waals surface area contributed by atoms with E-state index in [1.54, 1.807) is 6.92 Å². The van der Waals surface area contributed by atoms with Crippen molar-refractivity contribution in [1.82, 2.24) is 10.2 Å². The zero-order chi connectivity index (χ0) is 17.8. The number of hydrogen-bond donors (Lipinski definition) is 3. The summed E-state index contributed by atoms with van der Waals surface area (Å²) in [5.74, 6) is -3.32. The molecule has 0 aromatic heterocycles. The van der Waals surface area contributed by atoms with Gasteiger partial charge in [-0.1, -0.05) is 6.92 Å². The van der Waals surface area contributed by atoms with E-state index in [1.165, 1.54) is 11.8 Å². The number of aliphatic hydroxyl groups excluding tert-OH is 1. The van der Waals surface area contributed by atoms with Gasteiger partial charge in [-0.05, 0) is 13.3 Å². The van der Waals surface area contributed by atoms with Crippen LogP contribution < -0.4 is 5.32 Å². The summed E-state index contributed by atoms with van der Waals surface area (Å²) in [4.78, 5) is 48.8. The van der Waals surface area contributed by atoms with Crippen LogP contribution in [0.5, 0.6) is 0 Å². The van der Waals surface area contributed by atoms with Crippen LogP contribution >= 0.6 is 11.8 Å². The molecular weight excluding hydrogens is 336 g/mol. The number of amides is 3. The van der Waals surface area contributed by atoms with Crippen molar-refractivity contribution < 1.29 is 29.4 Å². The Bertz CT molecular complexity index is 673. The molecule has 0 aliphatic carbocycles. The van der Waals surface area contributed by atoms with E-state index in [0.29, 0.717) is 11.3 Å². The number of nitrogens with one attached hydrogen (secondary N) is 1. The topological polar surface area (TPSA) is 124 Å². The van der Waals surface area contributed by atoms with E-state index >= 15 is 0 Å². The number of aliphatic carboxylic acids is 1. The molecule has 3 amide bonds. The number of rotatable bonds is 4. The van der Waals surface area contributed by atoms with Gasteiger partial charge in [-0.15, -0.1) is 11.8 Å². The van der Waals surface area contributed by atoms with Gasteiger partial charge in [-0.25, -0.2) is 4.79 Å². The highest BCUT2D eigenvalue weighted by atomic mass is 32.2. The highest BCUT2D eigenvalue weighted by molar-refractivity contribution is 8.04. The van der Waals surface area contributed by atoms with Gasteiger partial charge in [0.2, 0.25) is 17.7 Å². The van der Waals surface area contributed by atoms with E-state index in [-0.39, 0.29) is 23.9 Å². The van der Waals surface area contributed by atoms with Crippen LogP contribution in [0.2, 0.25) is 0 Å². The van der Waals surface area contributed by atoms with Gasteiger partial charge in [-0.2, -0.15) is 0 Å². The molecule has 0 spiro atoms. The minimum Gasteiger partial charge on any atom is -0.477 e. The number of carbonyl (C=O) groups is 4. The number of thioether (sulfide) groups is 1. The van der Waals surface area contributed by atoms with Gasteiger partial charge in [0.1, 0.15) is 5.70 Å². The first-order valence-electron chi connectivity index (χ1n) is 7.73. The average molecular weight is 354 g/mol. The van der Waals surface area contributed by atoms with E-state index in [1.807, 2.05) is 0 Å². The van der Waals surface area contributed by atoms with Crippen molar-refractivity contribution in [3.8, 4) is 0 Å². The summed E-state index contributed by atoms with van der Waals surface area (Å²) in [7, 11) is 0. The number of fused-ring (bicyclic) bond motifs is 1. The fraction of sp³-hybridized carbons (Fsp3) is 0.600. The van der Waals surface area contributed by atoms with Crippen molar-refractivity contribution in [2.75, 3.05) is 0 Å². The molecule has 3 heterocycles. The van der Waals surface area contributed by atoms with Gasteiger partial charge < -0.3 is 15.1 Å². The summed E-state index contributed by atoms with van der Waals surface area (Å²) in [6.07, 6.45) is -0.330. The number of β-lactam (4-membered cyclic amide) rings is 1. The Kier molecular flexibility index (Phi) is 4.16. The minimum absolute atomic E-state index is 0.107. The van der Waals surface area contributed by atoms with Crippen molar-refractivity contribution in [3.05, 3.63) is 10.6 Å². The molecule has 5 atom stereocenters. The summed E-state index contributed by atoms with van der Waals surface area (Å²) < 4.78 is 0. The zero-order valence-corrected chi connectivity index (χ0v) is 14.0. The van der Waals surface area contributed by atoms with Crippen molar-refractivity contribution in [2.45, 2.75) is 44.1 Å². The summed E-state index contributed by atoms with van der Waals surface area (Å²) in [5.41, 5.74) is -0.107. The third-order valence-electron chi connectivity index (χ3n) is 4.77. The van der Waals surface area contributed by atoms with Gasteiger partial charge >= 0.3 is 5.97 Å². The monoisotopic (exact) mass is 354 g/mol. The SMILES string of the molecule is C[C@@H](O)[C@H]1C(=O)N2C(C(=O)O)=C(S[C@H]3CCC(=O)NC3=O)[C@H](C)[C@H]12. The molecule has 3 rings (SSSR count). The maximum absolute atomic E-state index is 12.2. The fourth-order valence-corrected chi connectivity index (χ4v) is 4.98. The molecule has 0 bridgehead atoms. The van der Waals surface area contributed by atoms with E-state index in [0.717, 1.165) is 11.8 Å². The van der Waals surface area contributed by atoms with Crippen molar-refractivity contribution in [3.63, 3.8) is 0 Å². The van der Waals surface area contributed by atoms with Crippen LogP contribution in [-0.2, 0) is 19.2 Å². The number of carboxylic acid groups (broad SMARTS) is 1. The first kappa shape index (κ1) is 17.0. The van der Waals surface area contributed by atoms with Crippen LogP contribution in [0.1, 0.15) is 26.7 Å². The van der Waals surface area contributed by atoms with Gasteiger partial charge in [0, 0.05) is 17.2 Å². The van der Waals surface area contributed by atoms with Crippen LogP contribution in [0.25, 0.3) is 0 Å². The lowest BCUT2D eigenvalue weighted by Gasteiger charge is -2.46. The third-order valence-corrected chi connectivity index (χ3v) is 6.32. The predicted octanol–water partition coefficient (Wildman–Crippen LogP) is -0.321. The fourth-order valence-electron chi connectivity index (χ4n) is 3.62. The molecule has 24 heavy (non-hydrogen) atoms. The molecule has 0 unspecified atom stereocenters. The Morgan fingerprint density at radius 3 is 2.58 bits per heavy atom. The molecule has 8 nitrogen and oxygen atoms in total. The van der Waals surface area contributed by atoms with Crippen molar-refractivity contribution >= 4 is 35.5 Å². The zero-order valence-electron chi connectivity index (χ0n) is 13.2. The largest absolute Gasteiger partial charge is 0.477 e. The molecule has 2 fully saturated rings. The standard InChI is InChI=1S/C15H18N2O6S/c1-5-10-9(6(2)18)14(21)17(10)11(15(22)23)12(5)24-7-3-4-8(19)16-13(7)20/h5-7,9-10,18H,3-4H2,1-2H3,(H,22,23)(H,16,19,20)/t5-,6-,7+,9-,10-/m1/s1. The molecule has 130 valence electrons. The molecule has 3 aliphatic rings. The van der Waals surface area contributed by atoms with Crippen molar-refractivity contribution in [2.24, 2.45) is 11.8 Å². The van der Waals surface area contributed by atoms with E-state index < -0.39 is 41.1 Å². The van der Waals surface area contributed by atoms with Gasteiger partial charge in [-0.3, -0.25) is 19.7 Å². The third kappa shape index (κ3) is 2.42. The number of piperidine rings is 1. The second-order valence-electron chi connectivity index (χ2n) is 6.33. The Morgan fingerprint density at radius 2 is 2.04 bits per heavy atom. The van der Waals surface area contributed by atoms with E-state index in [9.17, 15) is 29.4 Å². The number of carboxylic acids is 1. The summed E-state index contributed by atoms with van der Waals surface area (Å²) in [6.45, 7) is 3.31. The second kappa shape index (κ2) is 5.89. The summed E-state index contributed by atoms with van der Waals surface area (Å²) in [6, 6.07) is -0.403. The lowest BCUT2D eigenvalue weighted by molar-refractivity contribution is -0.163. The number of aliphatic hydroxyl groups is 1. The lowest BCUT2D eigenvalue weighted by Crippen LogP contribution is -2.63. The number of hydrogen-bond acceptors (Lipinski definition) is 6. The smallest absolute Gasteiger partial charge is 0.353 e. The second-order valence-corrected chi connectivity index (χ2v) is 7.57. The first-order chi connectivity index (χ1) is 11.2. The molecule has 2 saturated heterocycles. The molecule has 3 N–H and O–H groups in total. The summed E-state index contributed by atoms with van der Waals surface area (Å²) in [5, 5.41) is 21.0. The minimum atomic E-state index is -1.23. The van der Waals surface area contributed by atoms with Crippen LogP contribution in [0.4, 0.5) is 0 Å². The maximum atomic E-state index is 12.2. The molecule has 0 aromatic carbocycles. The highest BCUT2D eigenvalue weighted by Crippen LogP contribution is 2.51. The molecular formula is C15H18N2O6S. The first-order valence-corrected chi connectivity index (χ1v) is 8.61. The molecule has 9 heteroatoms. The number of carbonyl (C=O) groups excluding carboxylic acids is 3. The lowest BCUT2D eigenvalue weighted by atomic mass is 9.79. The van der Waals surface area contributed by atoms with Gasteiger partial charge in [0.05, 0.1) is 23.3 Å². The van der Waals surface area contributed by atoms with Crippen molar-refractivity contribution in [1.29, 1.82) is 0 Å². The predicted molar refractivity (Wildman–Crippen MR) is 83.4 cm³/mol. The van der Waals surface area contributed by atoms with E-state index in [4.69, 9.17) is 0 Å². The van der Waals surface area contributed by atoms with Gasteiger partial charge in [0.25, 0.3) is 0 Å².